The molecule has 6 nitrogen and oxygen atoms in total. The lowest BCUT2D eigenvalue weighted by Crippen LogP contribution is -1.97. The third kappa shape index (κ3) is 3.22. The first-order valence-corrected chi connectivity index (χ1v) is 7.82. The normalized spacial score (nSPS) is 10.1. The number of rotatable bonds is 3. The molecule has 0 aromatic carbocycles. The van der Waals surface area contributed by atoms with Gasteiger partial charge in [0.1, 0.15) is 0 Å². The van der Waals surface area contributed by atoms with Crippen LogP contribution in [0.1, 0.15) is 13.8 Å². The first-order valence-electron chi connectivity index (χ1n) is 7.82. The number of nitrogens with one attached hydrogen (secondary N) is 2. The van der Waals surface area contributed by atoms with Gasteiger partial charge in [0.15, 0.2) is 0 Å². The highest BCUT2D eigenvalue weighted by Gasteiger charge is 2.08. The molecule has 0 saturated carbocycles. The van der Waals surface area contributed by atoms with Crippen molar-refractivity contribution in [2.75, 3.05) is 5.32 Å². The first kappa shape index (κ1) is 15.6. The summed E-state index contributed by atoms with van der Waals surface area (Å²) < 4.78 is 0. The maximum Gasteiger partial charge on any atom is 0.227 e. The minimum atomic E-state index is 0.531. The van der Waals surface area contributed by atoms with Gasteiger partial charge >= 0.3 is 0 Å². The van der Waals surface area contributed by atoms with Crippen molar-refractivity contribution in [2.45, 2.75) is 13.8 Å². The number of pyridine rings is 2. The van der Waals surface area contributed by atoms with E-state index in [1.807, 2.05) is 50.5 Å². The van der Waals surface area contributed by atoms with Crippen LogP contribution in [-0.4, -0.2) is 24.9 Å². The molecule has 2 N–H and O–H groups in total. The summed E-state index contributed by atoms with van der Waals surface area (Å²) in [5.41, 5.74) is 3.71. The topological polar surface area (TPSA) is 79.4 Å². The fourth-order valence-electron chi connectivity index (χ4n) is 2.31. The number of fused-ring (bicyclic) bond motifs is 1. The standard InChI is InChI=1S/C16H12N6.C2H6/c1-2-11(8-17-5-1)21-16-19-7-4-15(22-16)13-10-20-14-3-6-18-9-12(13)14;1-2/h1-10,20H,(H,19,21,22);1-2H3. The van der Waals surface area contributed by atoms with Crippen molar-refractivity contribution in [2.24, 2.45) is 0 Å². The smallest absolute Gasteiger partial charge is 0.227 e. The molecule has 0 atom stereocenters. The third-order valence-corrected chi connectivity index (χ3v) is 3.33. The molecule has 4 aromatic rings. The Morgan fingerprint density at radius 2 is 1.83 bits per heavy atom. The van der Waals surface area contributed by atoms with E-state index >= 15 is 0 Å². The highest BCUT2D eigenvalue weighted by atomic mass is 15.1. The molecule has 0 spiro atoms. The number of hydrogen-bond donors (Lipinski definition) is 2. The van der Waals surface area contributed by atoms with Crippen molar-refractivity contribution < 1.29 is 0 Å². The molecule has 6 heteroatoms. The van der Waals surface area contributed by atoms with Gasteiger partial charge in [-0.3, -0.25) is 9.97 Å². The maximum absolute atomic E-state index is 4.56. The quantitative estimate of drug-likeness (QED) is 0.592. The van der Waals surface area contributed by atoms with Crippen LogP contribution in [0, 0.1) is 0 Å². The number of aromatic nitrogens is 5. The fourth-order valence-corrected chi connectivity index (χ4v) is 2.31. The summed E-state index contributed by atoms with van der Waals surface area (Å²) in [6, 6.07) is 7.59. The predicted molar refractivity (Wildman–Crippen MR) is 96.0 cm³/mol. The molecule has 4 rings (SSSR count). The Morgan fingerprint density at radius 3 is 2.67 bits per heavy atom. The second-order valence-electron chi connectivity index (χ2n) is 4.76. The van der Waals surface area contributed by atoms with Crippen LogP contribution in [0.5, 0.6) is 0 Å². The second-order valence-corrected chi connectivity index (χ2v) is 4.76. The molecule has 0 unspecified atom stereocenters. The van der Waals surface area contributed by atoms with Crippen LogP contribution in [0.4, 0.5) is 11.6 Å². The van der Waals surface area contributed by atoms with E-state index in [0.29, 0.717) is 5.95 Å². The van der Waals surface area contributed by atoms with E-state index in [-0.39, 0.29) is 0 Å². The molecule has 0 amide bonds. The second kappa shape index (κ2) is 7.32. The molecule has 0 aliphatic rings. The number of aromatic amines is 1. The Kier molecular flexibility index (Phi) is 4.76. The van der Waals surface area contributed by atoms with Gasteiger partial charge in [0.05, 0.1) is 17.6 Å². The molecule has 4 heterocycles. The molecule has 4 aromatic heterocycles. The van der Waals surface area contributed by atoms with Gasteiger partial charge in [0.25, 0.3) is 0 Å². The van der Waals surface area contributed by atoms with Gasteiger partial charge in [-0.25, -0.2) is 9.97 Å². The highest BCUT2D eigenvalue weighted by Crippen LogP contribution is 2.26. The van der Waals surface area contributed by atoms with Gasteiger partial charge in [-0.15, -0.1) is 0 Å². The van der Waals surface area contributed by atoms with Gasteiger partial charge in [0, 0.05) is 47.5 Å². The van der Waals surface area contributed by atoms with Gasteiger partial charge in [-0.05, 0) is 24.3 Å². The summed E-state index contributed by atoms with van der Waals surface area (Å²) >= 11 is 0. The number of anilines is 2. The van der Waals surface area contributed by atoms with E-state index in [1.165, 1.54) is 0 Å². The van der Waals surface area contributed by atoms with Gasteiger partial charge < -0.3 is 10.3 Å². The lowest BCUT2D eigenvalue weighted by atomic mass is 10.1. The Labute approximate surface area is 140 Å². The van der Waals surface area contributed by atoms with Crippen molar-refractivity contribution in [3.63, 3.8) is 0 Å². The SMILES string of the molecule is CC.c1cncc(Nc2nccc(-c3c[nH]c4ccncc34)n2)c1. The van der Waals surface area contributed by atoms with E-state index in [2.05, 4.69) is 30.2 Å². The molecular weight excluding hydrogens is 300 g/mol. The van der Waals surface area contributed by atoms with Crippen LogP contribution in [0.15, 0.2) is 61.4 Å². The van der Waals surface area contributed by atoms with E-state index in [4.69, 9.17) is 0 Å². The molecule has 24 heavy (non-hydrogen) atoms. The number of nitrogens with zero attached hydrogens (tertiary/aromatic N) is 4. The summed E-state index contributed by atoms with van der Waals surface area (Å²) in [4.78, 5) is 20.3. The van der Waals surface area contributed by atoms with Crippen LogP contribution in [0.3, 0.4) is 0 Å². The van der Waals surface area contributed by atoms with Crippen LogP contribution < -0.4 is 5.32 Å². The van der Waals surface area contributed by atoms with Crippen molar-refractivity contribution in [1.29, 1.82) is 0 Å². The largest absolute Gasteiger partial charge is 0.360 e. The zero-order chi connectivity index (χ0) is 16.8. The predicted octanol–water partition coefficient (Wildman–Crippen LogP) is 4.18. The Morgan fingerprint density at radius 1 is 0.958 bits per heavy atom. The Hall–Kier alpha value is -3.28. The van der Waals surface area contributed by atoms with Crippen molar-refractivity contribution in [3.05, 3.63) is 61.4 Å². The molecule has 0 radical (unpaired) electrons. The van der Waals surface area contributed by atoms with Crippen molar-refractivity contribution in [3.8, 4) is 11.3 Å². The van der Waals surface area contributed by atoms with Crippen LogP contribution in [0.2, 0.25) is 0 Å². The van der Waals surface area contributed by atoms with Crippen LogP contribution in [0.25, 0.3) is 22.2 Å². The van der Waals surface area contributed by atoms with Crippen molar-refractivity contribution in [1.82, 2.24) is 24.9 Å². The average Bonchev–Trinajstić information content (AvgIpc) is 3.09. The summed E-state index contributed by atoms with van der Waals surface area (Å²) in [5.74, 6) is 0.531. The average molecular weight is 318 g/mol. The van der Waals surface area contributed by atoms with Gasteiger partial charge in [-0.2, -0.15) is 0 Å². The minimum Gasteiger partial charge on any atom is -0.360 e. The summed E-state index contributed by atoms with van der Waals surface area (Å²) in [6.07, 6.45) is 10.7. The lowest BCUT2D eigenvalue weighted by molar-refractivity contribution is 1.16. The third-order valence-electron chi connectivity index (χ3n) is 3.33. The molecule has 0 aliphatic carbocycles. The van der Waals surface area contributed by atoms with E-state index < -0.39 is 0 Å². The Balaban J connectivity index is 0.000000815. The maximum atomic E-state index is 4.56. The lowest BCUT2D eigenvalue weighted by Gasteiger charge is -2.05. The molecule has 0 saturated heterocycles. The van der Waals surface area contributed by atoms with E-state index in [0.717, 1.165) is 27.8 Å². The van der Waals surface area contributed by atoms with Gasteiger partial charge in [-0.1, -0.05) is 13.8 Å². The van der Waals surface area contributed by atoms with Crippen LogP contribution in [-0.2, 0) is 0 Å². The molecular formula is C18H18N6. The minimum absolute atomic E-state index is 0.531. The van der Waals surface area contributed by atoms with E-state index in [1.54, 1.807) is 24.8 Å². The molecule has 0 bridgehead atoms. The Bertz CT molecular complexity index is 917. The fraction of sp³-hybridized carbons (Fsp3) is 0.111. The summed E-state index contributed by atoms with van der Waals surface area (Å²) in [5, 5.41) is 4.18. The highest BCUT2D eigenvalue weighted by molar-refractivity contribution is 5.93. The summed E-state index contributed by atoms with van der Waals surface area (Å²) in [6.45, 7) is 4.00. The van der Waals surface area contributed by atoms with Gasteiger partial charge in [0.2, 0.25) is 5.95 Å². The summed E-state index contributed by atoms with van der Waals surface area (Å²) in [7, 11) is 0. The van der Waals surface area contributed by atoms with Crippen LogP contribution >= 0.6 is 0 Å². The molecule has 0 aliphatic heterocycles. The number of H-pyrrole nitrogens is 1. The molecule has 0 fully saturated rings. The van der Waals surface area contributed by atoms with Crippen molar-refractivity contribution >= 4 is 22.5 Å². The first-order chi connectivity index (χ1) is 11.9. The zero-order valence-electron chi connectivity index (χ0n) is 13.6. The van der Waals surface area contributed by atoms with E-state index in [9.17, 15) is 0 Å². The monoisotopic (exact) mass is 318 g/mol. The zero-order valence-corrected chi connectivity index (χ0v) is 13.6. The number of hydrogen-bond acceptors (Lipinski definition) is 5. The molecule has 120 valence electrons.